The minimum absolute atomic E-state index is 0.00983. The molecule has 1 atom stereocenters. The van der Waals surface area contributed by atoms with Crippen molar-refractivity contribution in [2.45, 2.75) is 13.0 Å². The van der Waals surface area contributed by atoms with E-state index in [4.69, 9.17) is 0 Å². The number of aryl methyl sites for hydroxylation is 1. The smallest absolute Gasteiger partial charge is 0.296 e. The van der Waals surface area contributed by atoms with E-state index in [2.05, 4.69) is 9.97 Å². The monoisotopic (exact) mass is 453 g/mol. The van der Waals surface area contributed by atoms with E-state index < -0.39 is 23.5 Å². The Hall–Kier alpha value is -4.10. The van der Waals surface area contributed by atoms with Gasteiger partial charge in [0.2, 0.25) is 0 Å². The van der Waals surface area contributed by atoms with Crippen molar-refractivity contribution >= 4 is 44.5 Å². The molecule has 1 aliphatic heterocycles. The van der Waals surface area contributed by atoms with Gasteiger partial charge in [-0.15, -0.1) is 0 Å². The predicted octanol–water partition coefficient (Wildman–Crippen LogP) is 5.18. The van der Waals surface area contributed by atoms with E-state index in [0.29, 0.717) is 10.7 Å². The first-order chi connectivity index (χ1) is 16.0. The molecule has 0 bridgehead atoms. The van der Waals surface area contributed by atoms with Gasteiger partial charge in [-0.05, 0) is 47.9 Å². The lowest BCUT2D eigenvalue weighted by molar-refractivity contribution is -0.117. The summed E-state index contributed by atoms with van der Waals surface area (Å²) in [5.41, 5.74) is 3.29. The summed E-state index contributed by atoms with van der Waals surface area (Å²) in [6, 6.07) is 17.9. The zero-order valence-electron chi connectivity index (χ0n) is 17.7. The number of fused-ring (bicyclic) bond motifs is 1. The first-order valence-electron chi connectivity index (χ1n) is 10.3. The van der Waals surface area contributed by atoms with Crippen LogP contribution in [0.5, 0.6) is 0 Å². The highest BCUT2D eigenvalue weighted by Crippen LogP contribution is 2.43. The third-order valence-corrected chi connectivity index (χ3v) is 6.46. The summed E-state index contributed by atoms with van der Waals surface area (Å²) >= 11 is 1.34. The zero-order valence-corrected chi connectivity index (χ0v) is 18.5. The molecule has 2 aromatic heterocycles. The molecular formula is C26H19N3O3S. The number of allylic oxidation sites excluding steroid dienone is 1. The average Bonchev–Trinajstić information content (AvgIpc) is 3.36. The Labute approximate surface area is 194 Å². The number of nitrogens with zero attached hydrogens (tertiary/aromatic N) is 3. The van der Waals surface area contributed by atoms with Crippen LogP contribution in [0.4, 0.5) is 5.13 Å². The molecule has 0 radical (unpaired) electrons. The molecule has 162 valence electrons. The summed E-state index contributed by atoms with van der Waals surface area (Å²) in [6.07, 6.45) is 6.25. The fraction of sp³-hybridized carbons (Fsp3) is 0.0769. The van der Waals surface area contributed by atoms with Crippen molar-refractivity contribution in [3.8, 4) is 0 Å². The van der Waals surface area contributed by atoms with Crippen LogP contribution >= 0.6 is 11.3 Å². The molecule has 7 heteroatoms. The number of aliphatic hydroxyl groups is 1. The highest BCUT2D eigenvalue weighted by atomic mass is 32.1. The number of carbonyl (C=O) groups is 2. The predicted molar refractivity (Wildman–Crippen MR) is 129 cm³/mol. The number of hydrogen-bond donors (Lipinski definition) is 1. The Balaban J connectivity index is 1.59. The first kappa shape index (κ1) is 20.8. The maximum absolute atomic E-state index is 13.2. The lowest BCUT2D eigenvalue weighted by Crippen LogP contribution is -2.30. The van der Waals surface area contributed by atoms with Gasteiger partial charge in [-0.2, -0.15) is 0 Å². The van der Waals surface area contributed by atoms with Crippen LogP contribution in [-0.4, -0.2) is 26.8 Å². The van der Waals surface area contributed by atoms with Crippen molar-refractivity contribution < 1.29 is 14.7 Å². The molecule has 1 aliphatic rings. The van der Waals surface area contributed by atoms with Crippen LogP contribution in [0.1, 0.15) is 22.7 Å². The van der Waals surface area contributed by atoms with Gasteiger partial charge in [0.15, 0.2) is 16.7 Å². The van der Waals surface area contributed by atoms with Crippen LogP contribution in [-0.2, 0) is 9.59 Å². The molecule has 5 rings (SSSR count). The molecule has 0 spiro atoms. The molecule has 3 heterocycles. The van der Waals surface area contributed by atoms with E-state index in [1.54, 1.807) is 30.6 Å². The lowest BCUT2D eigenvalue weighted by atomic mass is 9.97. The number of aliphatic hydroxyl groups excluding tert-OH is 1. The number of pyridine rings is 1. The topological polar surface area (TPSA) is 83.4 Å². The molecule has 0 fully saturated rings. The van der Waals surface area contributed by atoms with Gasteiger partial charge in [0, 0.05) is 12.4 Å². The second-order valence-corrected chi connectivity index (χ2v) is 8.71. The normalized spacial score (nSPS) is 16.3. The summed E-state index contributed by atoms with van der Waals surface area (Å²) in [6.45, 7) is 1.99. The summed E-state index contributed by atoms with van der Waals surface area (Å²) in [4.78, 5) is 36.6. The number of amides is 1. The minimum atomic E-state index is -0.833. The van der Waals surface area contributed by atoms with E-state index in [1.165, 1.54) is 22.3 Å². The Morgan fingerprint density at radius 1 is 1.12 bits per heavy atom. The van der Waals surface area contributed by atoms with Gasteiger partial charge >= 0.3 is 0 Å². The van der Waals surface area contributed by atoms with Crippen molar-refractivity contribution in [1.29, 1.82) is 0 Å². The number of ketones is 1. The van der Waals surface area contributed by atoms with Gasteiger partial charge in [-0.1, -0.05) is 59.9 Å². The fourth-order valence-electron chi connectivity index (χ4n) is 3.86. The largest absolute Gasteiger partial charge is 0.503 e. The van der Waals surface area contributed by atoms with Crippen LogP contribution < -0.4 is 4.90 Å². The summed E-state index contributed by atoms with van der Waals surface area (Å²) in [7, 11) is 0. The zero-order chi connectivity index (χ0) is 22.9. The Morgan fingerprint density at radius 3 is 2.70 bits per heavy atom. The molecule has 1 N–H and O–H groups in total. The third kappa shape index (κ3) is 3.83. The van der Waals surface area contributed by atoms with Crippen molar-refractivity contribution in [2.75, 3.05) is 4.90 Å². The van der Waals surface area contributed by atoms with E-state index in [-0.39, 0.29) is 5.57 Å². The molecular weight excluding hydrogens is 434 g/mol. The maximum atomic E-state index is 13.2. The minimum Gasteiger partial charge on any atom is -0.503 e. The average molecular weight is 454 g/mol. The summed E-state index contributed by atoms with van der Waals surface area (Å²) < 4.78 is 0.922. The van der Waals surface area contributed by atoms with Crippen LogP contribution in [0, 0.1) is 6.92 Å². The number of rotatable bonds is 5. The van der Waals surface area contributed by atoms with Gasteiger partial charge in [0.25, 0.3) is 5.91 Å². The number of carbonyl (C=O) groups excluding carboxylic acids is 2. The molecule has 4 aromatic rings. The molecule has 33 heavy (non-hydrogen) atoms. The van der Waals surface area contributed by atoms with Crippen molar-refractivity contribution in [2.24, 2.45) is 0 Å². The van der Waals surface area contributed by atoms with E-state index in [9.17, 15) is 14.7 Å². The molecule has 0 aliphatic carbocycles. The van der Waals surface area contributed by atoms with Crippen molar-refractivity contribution in [3.05, 3.63) is 107 Å². The number of hydrogen-bond acceptors (Lipinski definition) is 6. The second-order valence-electron chi connectivity index (χ2n) is 7.70. The molecule has 1 amide bonds. The molecule has 1 unspecified atom stereocenters. The molecule has 2 aromatic carbocycles. The summed E-state index contributed by atoms with van der Waals surface area (Å²) in [5, 5.41) is 11.2. The number of benzene rings is 2. The van der Waals surface area contributed by atoms with Gasteiger partial charge in [0.05, 0.1) is 21.8 Å². The van der Waals surface area contributed by atoms with Crippen molar-refractivity contribution in [1.82, 2.24) is 9.97 Å². The second kappa shape index (κ2) is 8.44. The third-order valence-electron chi connectivity index (χ3n) is 5.44. The summed E-state index contributed by atoms with van der Waals surface area (Å²) in [5.74, 6) is -1.67. The highest BCUT2D eigenvalue weighted by Gasteiger charge is 2.45. The van der Waals surface area contributed by atoms with Crippen molar-refractivity contribution in [3.63, 3.8) is 0 Å². The van der Waals surface area contributed by atoms with Crippen LogP contribution in [0.3, 0.4) is 0 Å². The van der Waals surface area contributed by atoms with Gasteiger partial charge in [-0.3, -0.25) is 19.5 Å². The number of anilines is 1. The van der Waals surface area contributed by atoms with E-state index in [1.807, 2.05) is 55.5 Å². The standard InChI is InChI=1S/C26H19N3O3S/c1-16-9-11-19-21(14-16)33-26(28-19)29-23(18-8-5-13-27-15-18)22(24(31)25(29)32)20(30)12-10-17-6-3-2-4-7-17/h2-15,23,31H,1H3. The number of thiazole rings is 1. The quantitative estimate of drug-likeness (QED) is 0.421. The lowest BCUT2D eigenvalue weighted by Gasteiger charge is -2.23. The molecule has 0 saturated heterocycles. The SMILES string of the molecule is Cc1ccc2nc(N3C(=O)C(O)=C(C(=O)C=Cc4ccccc4)C3c3cccnc3)sc2c1. The molecule has 0 saturated carbocycles. The van der Waals surface area contributed by atoms with Gasteiger partial charge < -0.3 is 5.11 Å². The maximum Gasteiger partial charge on any atom is 0.296 e. The van der Waals surface area contributed by atoms with E-state index in [0.717, 1.165) is 21.3 Å². The molecule has 6 nitrogen and oxygen atoms in total. The Kier molecular flexibility index (Phi) is 5.32. The highest BCUT2D eigenvalue weighted by molar-refractivity contribution is 7.22. The van der Waals surface area contributed by atoms with E-state index >= 15 is 0 Å². The fourth-order valence-corrected chi connectivity index (χ4v) is 4.95. The van der Waals surface area contributed by atoms with Gasteiger partial charge in [0.1, 0.15) is 0 Å². The van der Waals surface area contributed by atoms with Crippen LogP contribution in [0.2, 0.25) is 0 Å². The number of aromatic nitrogens is 2. The van der Waals surface area contributed by atoms with Crippen LogP contribution in [0.25, 0.3) is 16.3 Å². The first-order valence-corrected chi connectivity index (χ1v) is 11.2. The van der Waals surface area contributed by atoms with Crippen LogP contribution in [0.15, 0.2) is 90.5 Å². The Bertz CT molecular complexity index is 1430. The Morgan fingerprint density at radius 2 is 1.94 bits per heavy atom. The van der Waals surface area contributed by atoms with Gasteiger partial charge in [-0.25, -0.2) is 4.98 Å².